The lowest BCUT2D eigenvalue weighted by atomic mass is 10.2. The summed E-state index contributed by atoms with van der Waals surface area (Å²) in [6.45, 7) is 4.16. The van der Waals surface area contributed by atoms with Crippen LogP contribution in [-0.2, 0) is 13.5 Å². The van der Waals surface area contributed by atoms with Gasteiger partial charge in [-0.1, -0.05) is 6.92 Å². The zero-order valence-corrected chi connectivity index (χ0v) is 7.60. The van der Waals surface area contributed by atoms with Gasteiger partial charge in [0.25, 0.3) is 0 Å². The zero-order valence-electron chi connectivity index (χ0n) is 7.60. The molecule has 1 N–H and O–H groups in total. The van der Waals surface area contributed by atoms with Gasteiger partial charge >= 0.3 is 0 Å². The third-order valence-electron chi connectivity index (χ3n) is 1.93. The number of aryl methyl sites for hydroxylation is 2. The van der Waals surface area contributed by atoms with Gasteiger partial charge in [0, 0.05) is 14.1 Å². The van der Waals surface area contributed by atoms with Crippen molar-refractivity contribution in [1.29, 1.82) is 0 Å². The number of nitrogens with zero attached hydrogens (tertiary/aromatic N) is 2. The van der Waals surface area contributed by atoms with E-state index in [1.54, 1.807) is 0 Å². The Hall–Kier alpha value is -0.990. The van der Waals surface area contributed by atoms with E-state index in [2.05, 4.69) is 17.3 Å². The number of hydrogen-bond acceptors (Lipinski definition) is 2. The summed E-state index contributed by atoms with van der Waals surface area (Å²) < 4.78 is 1.93. The first-order valence-electron chi connectivity index (χ1n) is 3.91. The van der Waals surface area contributed by atoms with Crippen molar-refractivity contribution >= 4 is 5.69 Å². The predicted molar refractivity (Wildman–Crippen MR) is 46.9 cm³/mol. The molecule has 0 bridgehead atoms. The molecule has 0 saturated heterocycles. The van der Waals surface area contributed by atoms with E-state index >= 15 is 0 Å². The number of nitrogens with one attached hydrogen (secondary N) is 1. The standard InChI is InChI=1S/C8H15N3/c1-5-7-8(9-3)6(2)10-11(7)4/h9H,5H2,1-4H3. The molecule has 3 heteroatoms. The minimum atomic E-state index is 1.02. The van der Waals surface area contributed by atoms with Crippen LogP contribution in [0.4, 0.5) is 5.69 Å². The summed E-state index contributed by atoms with van der Waals surface area (Å²) in [5, 5.41) is 7.46. The van der Waals surface area contributed by atoms with Gasteiger partial charge in [0.15, 0.2) is 0 Å². The molecule has 0 aromatic carbocycles. The van der Waals surface area contributed by atoms with Gasteiger partial charge in [0.2, 0.25) is 0 Å². The lowest BCUT2D eigenvalue weighted by Crippen LogP contribution is -1.98. The maximum atomic E-state index is 4.31. The molecular formula is C8H15N3. The first kappa shape index (κ1) is 8.11. The summed E-state index contributed by atoms with van der Waals surface area (Å²) in [5.74, 6) is 0. The highest BCUT2D eigenvalue weighted by Gasteiger charge is 2.08. The number of rotatable bonds is 2. The molecule has 0 saturated carbocycles. The SMILES string of the molecule is CCc1c(NC)c(C)nn1C. The van der Waals surface area contributed by atoms with E-state index in [0.29, 0.717) is 0 Å². The van der Waals surface area contributed by atoms with Crippen molar-refractivity contribution in [2.75, 3.05) is 12.4 Å². The maximum absolute atomic E-state index is 4.31. The zero-order chi connectivity index (χ0) is 8.43. The largest absolute Gasteiger partial charge is 0.385 e. The molecule has 3 nitrogen and oxygen atoms in total. The van der Waals surface area contributed by atoms with Crippen LogP contribution in [0.2, 0.25) is 0 Å². The second-order valence-corrected chi connectivity index (χ2v) is 2.63. The fourth-order valence-electron chi connectivity index (χ4n) is 1.44. The quantitative estimate of drug-likeness (QED) is 0.694. The summed E-state index contributed by atoms with van der Waals surface area (Å²) in [6, 6.07) is 0. The van der Waals surface area contributed by atoms with Crippen LogP contribution in [0, 0.1) is 6.92 Å². The van der Waals surface area contributed by atoms with Gasteiger partial charge in [-0.25, -0.2) is 0 Å². The number of aromatic nitrogens is 2. The van der Waals surface area contributed by atoms with Gasteiger partial charge in [-0.2, -0.15) is 5.10 Å². The van der Waals surface area contributed by atoms with Gasteiger partial charge in [0.05, 0.1) is 17.1 Å². The Bertz CT molecular complexity index is 226. The van der Waals surface area contributed by atoms with E-state index in [4.69, 9.17) is 0 Å². The Labute approximate surface area is 67.4 Å². The average molecular weight is 153 g/mol. The van der Waals surface area contributed by atoms with Crippen LogP contribution >= 0.6 is 0 Å². The van der Waals surface area contributed by atoms with Crippen molar-refractivity contribution in [1.82, 2.24) is 9.78 Å². The summed E-state index contributed by atoms with van der Waals surface area (Å²) >= 11 is 0. The topological polar surface area (TPSA) is 29.9 Å². The minimum Gasteiger partial charge on any atom is -0.385 e. The molecule has 0 aliphatic heterocycles. The van der Waals surface area contributed by atoms with Gasteiger partial charge in [0.1, 0.15) is 0 Å². The molecule has 0 atom stereocenters. The van der Waals surface area contributed by atoms with Gasteiger partial charge in [-0.05, 0) is 13.3 Å². The van der Waals surface area contributed by atoms with Gasteiger partial charge in [-0.15, -0.1) is 0 Å². The highest BCUT2D eigenvalue weighted by atomic mass is 15.3. The average Bonchev–Trinajstić information content (AvgIpc) is 2.24. The highest BCUT2D eigenvalue weighted by molar-refractivity contribution is 5.51. The van der Waals surface area contributed by atoms with Crippen molar-refractivity contribution in [3.63, 3.8) is 0 Å². The fraction of sp³-hybridized carbons (Fsp3) is 0.625. The molecule has 0 spiro atoms. The van der Waals surface area contributed by atoms with E-state index in [9.17, 15) is 0 Å². The maximum Gasteiger partial charge on any atom is 0.0827 e. The molecule has 1 heterocycles. The highest BCUT2D eigenvalue weighted by Crippen LogP contribution is 2.18. The minimum absolute atomic E-state index is 1.02. The Morgan fingerprint density at radius 2 is 2.18 bits per heavy atom. The van der Waals surface area contributed by atoms with E-state index < -0.39 is 0 Å². The van der Waals surface area contributed by atoms with E-state index in [-0.39, 0.29) is 0 Å². The van der Waals surface area contributed by atoms with Crippen LogP contribution in [0.5, 0.6) is 0 Å². The molecule has 11 heavy (non-hydrogen) atoms. The van der Waals surface area contributed by atoms with Crippen molar-refractivity contribution < 1.29 is 0 Å². The first-order valence-corrected chi connectivity index (χ1v) is 3.91. The fourth-order valence-corrected chi connectivity index (χ4v) is 1.44. The molecule has 1 aromatic heterocycles. The van der Waals surface area contributed by atoms with Crippen LogP contribution in [-0.4, -0.2) is 16.8 Å². The number of anilines is 1. The molecule has 62 valence electrons. The lowest BCUT2D eigenvalue weighted by molar-refractivity contribution is 0.711. The Morgan fingerprint density at radius 1 is 1.55 bits per heavy atom. The van der Waals surface area contributed by atoms with Crippen LogP contribution < -0.4 is 5.32 Å². The van der Waals surface area contributed by atoms with Crippen LogP contribution in [0.1, 0.15) is 18.3 Å². The van der Waals surface area contributed by atoms with Crippen LogP contribution in [0.15, 0.2) is 0 Å². The Kier molecular flexibility index (Phi) is 2.17. The summed E-state index contributed by atoms with van der Waals surface area (Å²) in [5.41, 5.74) is 3.52. The van der Waals surface area contributed by atoms with E-state index in [0.717, 1.165) is 12.1 Å². The smallest absolute Gasteiger partial charge is 0.0827 e. The van der Waals surface area contributed by atoms with Crippen molar-refractivity contribution in [2.45, 2.75) is 20.3 Å². The second-order valence-electron chi connectivity index (χ2n) is 2.63. The molecule has 0 aliphatic carbocycles. The van der Waals surface area contributed by atoms with Gasteiger partial charge < -0.3 is 5.32 Å². The lowest BCUT2D eigenvalue weighted by Gasteiger charge is -2.01. The summed E-state index contributed by atoms with van der Waals surface area (Å²) in [6.07, 6.45) is 1.02. The van der Waals surface area contributed by atoms with Crippen molar-refractivity contribution in [3.05, 3.63) is 11.4 Å². The van der Waals surface area contributed by atoms with Gasteiger partial charge in [-0.3, -0.25) is 4.68 Å². The van der Waals surface area contributed by atoms with E-state index in [1.165, 1.54) is 11.4 Å². The third kappa shape index (κ3) is 1.23. The molecule has 0 amide bonds. The Balaban J connectivity index is 3.17. The summed E-state index contributed by atoms with van der Waals surface area (Å²) in [7, 11) is 3.91. The Morgan fingerprint density at radius 3 is 2.55 bits per heavy atom. The first-order chi connectivity index (χ1) is 5.20. The van der Waals surface area contributed by atoms with Crippen LogP contribution in [0.25, 0.3) is 0 Å². The molecule has 0 radical (unpaired) electrons. The molecule has 1 aromatic rings. The molecule has 0 aliphatic rings. The monoisotopic (exact) mass is 153 g/mol. The van der Waals surface area contributed by atoms with Crippen molar-refractivity contribution in [2.24, 2.45) is 7.05 Å². The van der Waals surface area contributed by atoms with E-state index in [1.807, 2.05) is 25.7 Å². The predicted octanol–water partition coefficient (Wildman–Crippen LogP) is 1.33. The van der Waals surface area contributed by atoms with Crippen LogP contribution in [0.3, 0.4) is 0 Å². The normalized spacial score (nSPS) is 10.2. The van der Waals surface area contributed by atoms with Crippen molar-refractivity contribution in [3.8, 4) is 0 Å². The molecule has 1 rings (SSSR count). The second kappa shape index (κ2) is 2.95. The summed E-state index contributed by atoms with van der Waals surface area (Å²) in [4.78, 5) is 0. The molecule has 0 unspecified atom stereocenters. The number of hydrogen-bond donors (Lipinski definition) is 1. The third-order valence-corrected chi connectivity index (χ3v) is 1.93. The molecule has 0 fully saturated rings. The molecular weight excluding hydrogens is 138 g/mol.